The summed E-state index contributed by atoms with van der Waals surface area (Å²) in [6.07, 6.45) is 1.78. The maximum atomic E-state index is 13.1. The molecule has 1 atom stereocenters. The van der Waals surface area contributed by atoms with Crippen LogP contribution in [0.3, 0.4) is 0 Å². The molecule has 1 aliphatic carbocycles. The lowest BCUT2D eigenvalue weighted by molar-refractivity contribution is -0.122. The lowest BCUT2D eigenvalue weighted by atomic mass is 10.1. The maximum absolute atomic E-state index is 13.1. The number of carbonyl (C=O) groups is 1. The molecule has 0 saturated carbocycles. The summed E-state index contributed by atoms with van der Waals surface area (Å²) in [6, 6.07) is 16.8. The second kappa shape index (κ2) is 7.15. The highest BCUT2D eigenvalue weighted by molar-refractivity contribution is 5.76. The number of aromatic nitrogens is 2. The van der Waals surface area contributed by atoms with Crippen molar-refractivity contribution in [2.24, 2.45) is 0 Å². The first kappa shape index (κ1) is 17.1. The van der Waals surface area contributed by atoms with Crippen molar-refractivity contribution in [1.82, 2.24) is 15.1 Å². The molecule has 4 rings (SSSR count). The van der Waals surface area contributed by atoms with E-state index in [-0.39, 0.29) is 29.9 Å². The molecule has 2 aromatic carbocycles. The topological polar surface area (TPSA) is 64.0 Å². The highest BCUT2D eigenvalue weighted by atomic mass is 19.1. The minimum atomic E-state index is -0.358. The first-order valence-electron chi connectivity index (χ1n) is 8.81. The molecule has 136 valence electrons. The Morgan fingerprint density at radius 2 is 1.89 bits per heavy atom. The number of rotatable bonds is 4. The molecule has 1 heterocycles. The van der Waals surface area contributed by atoms with Gasteiger partial charge in [0.2, 0.25) is 5.91 Å². The van der Waals surface area contributed by atoms with Gasteiger partial charge in [-0.3, -0.25) is 9.59 Å². The van der Waals surface area contributed by atoms with Gasteiger partial charge in [0, 0.05) is 11.6 Å². The summed E-state index contributed by atoms with van der Waals surface area (Å²) in [5, 5.41) is 7.24. The van der Waals surface area contributed by atoms with Crippen LogP contribution < -0.4 is 10.9 Å². The summed E-state index contributed by atoms with van der Waals surface area (Å²) in [4.78, 5) is 24.6. The van der Waals surface area contributed by atoms with Crippen LogP contribution in [-0.4, -0.2) is 15.7 Å². The van der Waals surface area contributed by atoms with E-state index in [1.807, 2.05) is 18.2 Å². The van der Waals surface area contributed by atoms with Crippen molar-refractivity contribution in [1.29, 1.82) is 0 Å². The van der Waals surface area contributed by atoms with E-state index < -0.39 is 0 Å². The Balaban J connectivity index is 1.51. The second-order valence-electron chi connectivity index (χ2n) is 6.58. The van der Waals surface area contributed by atoms with Gasteiger partial charge >= 0.3 is 0 Å². The van der Waals surface area contributed by atoms with E-state index in [1.54, 1.807) is 18.2 Å². The van der Waals surface area contributed by atoms with E-state index in [9.17, 15) is 14.0 Å². The van der Waals surface area contributed by atoms with Crippen molar-refractivity contribution in [2.45, 2.75) is 25.4 Å². The summed E-state index contributed by atoms with van der Waals surface area (Å²) in [7, 11) is 0. The van der Waals surface area contributed by atoms with Gasteiger partial charge in [0.25, 0.3) is 5.56 Å². The van der Waals surface area contributed by atoms with Crippen LogP contribution in [0.4, 0.5) is 4.39 Å². The standard InChI is InChI=1S/C21H18FN3O2/c22-16-8-5-15(6-9-16)18-11-12-21(27)25(24-18)13-20(26)23-19-10-7-14-3-1-2-4-17(14)19/h1-6,8-9,11-12,19H,7,10,13H2,(H,23,26)/t19-/m0/s1. The molecule has 0 saturated heterocycles. The molecular formula is C21H18FN3O2. The summed E-state index contributed by atoms with van der Waals surface area (Å²) in [5.74, 6) is -0.606. The fourth-order valence-electron chi connectivity index (χ4n) is 3.42. The molecule has 0 bridgehead atoms. The molecule has 27 heavy (non-hydrogen) atoms. The quantitative estimate of drug-likeness (QED) is 0.775. The third kappa shape index (κ3) is 3.65. The van der Waals surface area contributed by atoms with Crippen molar-refractivity contribution in [3.8, 4) is 11.3 Å². The molecule has 1 amide bonds. The largest absolute Gasteiger partial charge is 0.348 e. The van der Waals surface area contributed by atoms with E-state index in [0.717, 1.165) is 23.1 Å². The Morgan fingerprint density at radius 3 is 2.70 bits per heavy atom. The SMILES string of the molecule is O=C(Cn1nc(-c2ccc(F)cc2)ccc1=O)N[C@H]1CCc2ccccc21. The minimum Gasteiger partial charge on any atom is -0.348 e. The normalized spacial score (nSPS) is 15.4. The monoisotopic (exact) mass is 363 g/mol. The van der Waals surface area contributed by atoms with Gasteiger partial charge in [-0.25, -0.2) is 9.07 Å². The smallest absolute Gasteiger partial charge is 0.267 e. The van der Waals surface area contributed by atoms with Crippen molar-refractivity contribution in [3.05, 3.63) is 88.0 Å². The molecule has 0 fully saturated rings. The molecular weight excluding hydrogens is 345 g/mol. The van der Waals surface area contributed by atoms with Gasteiger partial charge < -0.3 is 5.32 Å². The van der Waals surface area contributed by atoms with E-state index >= 15 is 0 Å². The van der Waals surface area contributed by atoms with Crippen LogP contribution in [0.2, 0.25) is 0 Å². The zero-order valence-corrected chi connectivity index (χ0v) is 14.6. The number of nitrogens with zero attached hydrogens (tertiary/aromatic N) is 2. The molecule has 6 heteroatoms. The van der Waals surface area contributed by atoms with Crippen molar-refractivity contribution in [2.75, 3.05) is 0 Å². The van der Waals surface area contributed by atoms with Crippen LogP contribution in [0, 0.1) is 5.82 Å². The fourth-order valence-corrected chi connectivity index (χ4v) is 3.42. The Morgan fingerprint density at radius 1 is 1.11 bits per heavy atom. The van der Waals surface area contributed by atoms with E-state index in [1.165, 1.54) is 23.8 Å². The number of amides is 1. The van der Waals surface area contributed by atoms with Crippen LogP contribution >= 0.6 is 0 Å². The number of halogens is 1. The van der Waals surface area contributed by atoms with Crippen LogP contribution in [0.25, 0.3) is 11.3 Å². The fraction of sp³-hybridized carbons (Fsp3) is 0.190. The molecule has 1 aromatic heterocycles. The minimum absolute atomic E-state index is 0.0373. The van der Waals surface area contributed by atoms with Gasteiger partial charge in [0.1, 0.15) is 12.4 Å². The lowest BCUT2D eigenvalue weighted by Crippen LogP contribution is -2.35. The van der Waals surface area contributed by atoms with Crippen LogP contribution in [0.5, 0.6) is 0 Å². The number of fused-ring (bicyclic) bond motifs is 1. The van der Waals surface area contributed by atoms with Crippen molar-refractivity contribution >= 4 is 5.91 Å². The number of carbonyl (C=O) groups excluding carboxylic acids is 1. The number of aryl methyl sites for hydroxylation is 1. The number of nitrogens with one attached hydrogen (secondary N) is 1. The summed E-state index contributed by atoms with van der Waals surface area (Å²) < 4.78 is 14.2. The third-order valence-electron chi connectivity index (χ3n) is 4.77. The van der Waals surface area contributed by atoms with Gasteiger partial charge in [0.05, 0.1) is 11.7 Å². The van der Waals surface area contributed by atoms with E-state index in [0.29, 0.717) is 11.3 Å². The third-order valence-corrected chi connectivity index (χ3v) is 4.77. The van der Waals surface area contributed by atoms with Crippen molar-refractivity contribution < 1.29 is 9.18 Å². The second-order valence-corrected chi connectivity index (χ2v) is 6.58. The molecule has 0 spiro atoms. The average Bonchev–Trinajstić information content (AvgIpc) is 3.07. The van der Waals surface area contributed by atoms with Crippen molar-refractivity contribution in [3.63, 3.8) is 0 Å². The average molecular weight is 363 g/mol. The molecule has 0 aliphatic heterocycles. The number of hydrogen-bond acceptors (Lipinski definition) is 3. The van der Waals surface area contributed by atoms with Crippen LogP contribution in [0.15, 0.2) is 65.5 Å². The van der Waals surface area contributed by atoms with E-state index in [2.05, 4.69) is 16.5 Å². The maximum Gasteiger partial charge on any atom is 0.267 e. The van der Waals surface area contributed by atoms with Gasteiger partial charge in [-0.1, -0.05) is 24.3 Å². The Hall–Kier alpha value is -3.28. The highest BCUT2D eigenvalue weighted by Crippen LogP contribution is 2.30. The molecule has 1 N–H and O–H groups in total. The van der Waals surface area contributed by atoms with Gasteiger partial charge in [-0.2, -0.15) is 5.10 Å². The molecule has 1 aliphatic rings. The Kier molecular flexibility index (Phi) is 4.54. The van der Waals surface area contributed by atoms with Gasteiger partial charge in [-0.15, -0.1) is 0 Å². The van der Waals surface area contributed by atoms with Gasteiger partial charge in [-0.05, 0) is 54.3 Å². The van der Waals surface area contributed by atoms with E-state index in [4.69, 9.17) is 0 Å². The molecule has 0 radical (unpaired) electrons. The predicted molar refractivity (Wildman–Crippen MR) is 99.5 cm³/mol. The Labute approximate surface area is 155 Å². The van der Waals surface area contributed by atoms with Crippen LogP contribution in [-0.2, 0) is 17.8 Å². The zero-order chi connectivity index (χ0) is 18.8. The van der Waals surface area contributed by atoms with Crippen LogP contribution in [0.1, 0.15) is 23.6 Å². The lowest BCUT2D eigenvalue weighted by Gasteiger charge is -2.14. The predicted octanol–water partition coefficient (Wildman–Crippen LogP) is 2.85. The Bertz CT molecular complexity index is 1040. The number of hydrogen-bond donors (Lipinski definition) is 1. The summed E-state index contributed by atoms with van der Waals surface area (Å²) >= 11 is 0. The highest BCUT2D eigenvalue weighted by Gasteiger charge is 2.23. The first-order chi connectivity index (χ1) is 13.1. The zero-order valence-electron chi connectivity index (χ0n) is 14.6. The van der Waals surface area contributed by atoms with Gasteiger partial charge in [0.15, 0.2) is 0 Å². The number of benzene rings is 2. The molecule has 5 nitrogen and oxygen atoms in total. The first-order valence-corrected chi connectivity index (χ1v) is 8.81. The molecule has 3 aromatic rings. The summed E-state index contributed by atoms with van der Waals surface area (Å²) in [6.45, 7) is -0.160. The molecule has 0 unspecified atom stereocenters. The summed E-state index contributed by atoms with van der Waals surface area (Å²) in [5.41, 5.74) is 3.20.